The number of carbonyl (C=O) groups excluding carboxylic acids is 1. The van der Waals surface area contributed by atoms with E-state index in [2.05, 4.69) is 36.4 Å². The number of pyridine rings is 1. The van der Waals surface area contributed by atoms with Crippen molar-refractivity contribution in [2.75, 3.05) is 43.3 Å². The molecule has 10 heteroatoms. The number of urea groups is 1. The Morgan fingerprint density at radius 1 is 0.933 bits per heavy atom. The molecule has 0 aliphatic carbocycles. The van der Waals surface area contributed by atoms with Gasteiger partial charge in [-0.15, -0.1) is 10.2 Å². The van der Waals surface area contributed by atoms with Crippen LogP contribution in [0.15, 0.2) is 54.7 Å². The van der Waals surface area contributed by atoms with Crippen molar-refractivity contribution in [3.63, 3.8) is 0 Å². The van der Waals surface area contributed by atoms with Crippen LogP contribution in [0.5, 0.6) is 11.5 Å². The minimum Gasteiger partial charge on any atom is -0.497 e. The predicted octanol–water partition coefficient (Wildman–Crippen LogP) is 2.87. The predicted molar refractivity (Wildman–Crippen MR) is 115 cm³/mol. The molecule has 30 heavy (non-hydrogen) atoms. The molecule has 0 saturated heterocycles. The van der Waals surface area contributed by atoms with Crippen LogP contribution in [0.4, 0.5) is 27.9 Å². The topological polar surface area (TPSA) is 122 Å². The van der Waals surface area contributed by atoms with Crippen LogP contribution in [0, 0.1) is 0 Å². The molecule has 0 radical (unpaired) electrons. The number of methoxy groups -OCH3 is 2. The van der Waals surface area contributed by atoms with Gasteiger partial charge in [0.1, 0.15) is 23.1 Å². The number of nitrogens with zero attached hydrogens (tertiary/aromatic N) is 3. The lowest BCUT2D eigenvalue weighted by atomic mass is 10.2. The summed E-state index contributed by atoms with van der Waals surface area (Å²) in [6, 6.07) is 13.9. The highest BCUT2D eigenvalue weighted by Crippen LogP contribution is 2.28. The summed E-state index contributed by atoms with van der Waals surface area (Å²) in [6.07, 6.45) is 1.69. The van der Waals surface area contributed by atoms with Crippen LogP contribution in [-0.4, -0.2) is 48.5 Å². The lowest BCUT2D eigenvalue weighted by Gasteiger charge is -2.13. The molecule has 0 aliphatic rings. The number of amides is 2. The minimum atomic E-state index is -0.357. The fraction of sp³-hybridized carbons (Fsp3) is 0.200. The van der Waals surface area contributed by atoms with Crippen LogP contribution in [0.2, 0.25) is 0 Å². The zero-order valence-electron chi connectivity index (χ0n) is 16.7. The number of nitrogens with one attached hydrogen (secondary N) is 4. The van der Waals surface area contributed by atoms with Gasteiger partial charge in [-0.3, -0.25) is 0 Å². The van der Waals surface area contributed by atoms with Crippen LogP contribution in [0.3, 0.4) is 0 Å². The third kappa shape index (κ3) is 5.96. The smallest absolute Gasteiger partial charge is 0.319 e. The van der Waals surface area contributed by atoms with E-state index in [1.807, 2.05) is 18.2 Å². The second-order valence-corrected chi connectivity index (χ2v) is 6.02. The van der Waals surface area contributed by atoms with Gasteiger partial charge in [-0.2, -0.15) is 0 Å². The van der Waals surface area contributed by atoms with E-state index in [1.165, 1.54) is 7.11 Å². The Hall–Kier alpha value is -4.08. The quantitative estimate of drug-likeness (QED) is 0.398. The fourth-order valence-electron chi connectivity index (χ4n) is 2.51. The van der Waals surface area contributed by atoms with Crippen molar-refractivity contribution in [3.8, 4) is 11.5 Å². The van der Waals surface area contributed by atoms with Crippen molar-refractivity contribution < 1.29 is 14.3 Å². The van der Waals surface area contributed by atoms with E-state index in [4.69, 9.17) is 9.47 Å². The summed E-state index contributed by atoms with van der Waals surface area (Å²) in [7, 11) is 3.09. The Bertz CT molecular complexity index is 952. The van der Waals surface area contributed by atoms with Crippen LogP contribution in [-0.2, 0) is 0 Å². The van der Waals surface area contributed by atoms with Crippen LogP contribution >= 0.6 is 0 Å². The minimum absolute atomic E-state index is 0.357. The first kappa shape index (κ1) is 20.6. The van der Waals surface area contributed by atoms with Crippen molar-refractivity contribution in [2.24, 2.45) is 0 Å². The Morgan fingerprint density at radius 3 is 2.47 bits per heavy atom. The van der Waals surface area contributed by atoms with Crippen molar-refractivity contribution in [2.45, 2.75) is 0 Å². The highest BCUT2D eigenvalue weighted by molar-refractivity contribution is 5.91. The third-order valence-electron chi connectivity index (χ3n) is 3.96. The molecule has 0 aliphatic heterocycles. The van der Waals surface area contributed by atoms with Crippen LogP contribution in [0.1, 0.15) is 0 Å². The van der Waals surface area contributed by atoms with Crippen molar-refractivity contribution in [1.29, 1.82) is 0 Å². The zero-order chi connectivity index (χ0) is 21.2. The number of aromatic nitrogens is 3. The fourth-order valence-corrected chi connectivity index (χ4v) is 2.51. The number of anilines is 4. The van der Waals surface area contributed by atoms with E-state index in [9.17, 15) is 4.79 Å². The van der Waals surface area contributed by atoms with Gasteiger partial charge in [-0.1, -0.05) is 6.07 Å². The van der Waals surface area contributed by atoms with E-state index in [0.717, 1.165) is 0 Å². The second-order valence-electron chi connectivity index (χ2n) is 6.02. The third-order valence-corrected chi connectivity index (χ3v) is 3.96. The summed E-state index contributed by atoms with van der Waals surface area (Å²) in [6.45, 7) is 0.859. The molecule has 0 saturated carbocycles. The van der Waals surface area contributed by atoms with Gasteiger partial charge in [0.25, 0.3) is 0 Å². The molecule has 0 spiro atoms. The molecule has 10 nitrogen and oxygen atoms in total. The molecule has 0 unspecified atom stereocenters. The van der Waals surface area contributed by atoms with E-state index in [0.29, 0.717) is 47.7 Å². The molecule has 1 aromatic carbocycles. The standard InChI is InChI=1S/C20H23N7O3/c1-29-14-6-7-16(30-2)15(13-14)24-20(28)23-12-11-22-18-8-9-19(27-26-18)25-17-5-3-4-10-21-17/h3-10,13H,11-12H2,1-2H3,(H,22,26)(H,21,25,27)(H2,23,24,28). The zero-order valence-corrected chi connectivity index (χ0v) is 16.7. The molecule has 3 rings (SSSR count). The molecular weight excluding hydrogens is 386 g/mol. The largest absolute Gasteiger partial charge is 0.497 e. The number of rotatable bonds is 9. The summed E-state index contributed by atoms with van der Waals surface area (Å²) in [5, 5.41) is 19.8. The van der Waals surface area contributed by atoms with Gasteiger partial charge < -0.3 is 30.7 Å². The van der Waals surface area contributed by atoms with Gasteiger partial charge >= 0.3 is 6.03 Å². The summed E-state index contributed by atoms with van der Waals surface area (Å²) in [4.78, 5) is 16.3. The van der Waals surface area contributed by atoms with E-state index >= 15 is 0 Å². The molecule has 0 bridgehead atoms. The van der Waals surface area contributed by atoms with Gasteiger partial charge in [0.15, 0.2) is 5.82 Å². The highest BCUT2D eigenvalue weighted by atomic mass is 16.5. The van der Waals surface area contributed by atoms with E-state index in [1.54, 1.807) is 43.6 Å². The number of hydrogen-bond donors (Lipinski definition) is 4. The van der Waals surface area contributed by atoms with Gasteiger partial charge in [-0.05, 0) is 36.4 Å². The SMILES string of the molecule is COc1ccc(OC)c(NC(=O)NCCNc2ccc(Nc3ccccn3)nn2)c1. The van der Waals surface area contributed by atoms with Crippen LogP contribution < -0.4 is 30.7 Å². The van der Waals surface area contributed by atoms with E-state index < -0.39 is 0 Å². The van der Waals surface area contributed by atoms with E-state index in [-0.39, 0.29) is 6.03 Å². The van der Waals surface area contributed by atoms with Gasteiger partial charge in [0.2, 0.25) is 0 Å². The lowest BCUT2D eigenvalue weighted by molar-refractivity contribution is 0.252. The van der Waals surface area contributed by atoms with Gasteiger partial charge in [-0.25, -0.2) is 9.78 Å². The maximum Gasteiger partial charge on any atom is 0.319 e. The summed E-state index contributed by atoms with van der Waals surface area (Å²) in [5.41, 5.74) is 0.518. The number of hydrogen-bond acceptors (Lipinski definition) is 8. The summed E-state index contributed by atoms with van der Waals surface area (Å²) in [5.74, 6) is 3.03. The summed E-state index contributed by atoms with van der Waals surface area (Å²) < 4.78 is 10.4. The van der Waals surface area contributed by atoms with Crippen LogP contribution in [0.25, 0.3) is 0 Å². The maximum absolute atomic E-state index is 12.1. The lowest BCUT2D eigenvalue weighted by Crippen LogP contribution is -2.32. The first-order valence-electron chi connectivity index (χ1n) is 9.20. The normalized spacial score (nSPS) is 10.1. The maximum atomic E-state index is 12.1. The van der Waals surface area contributed by atoms with Crippen molar-refractivity contribution in [3.05, 3.63) is 54.7 Å². The molecule has 2 aromatic heterocycles. The molecule has 4 N–H and O–H groups in total. The van der Waals surface area contributed by atoms with Crippen molar-refractivity contribution >= 4 is 29.2 Å². The number of ether oxygens (including phenoxy) is 2. The molecule has 2 heterocycles. The first-order chi connectivity index (χ1) is 14.7. The number of carbonyl (C=O) groups is 1. The monoisotopic (exact) mass is 409 g/mol. The number of benzene rings is 1. The highest BCUT2D eigenvalue weighted by Gasteiger charge is 2.08. The molecular formula is C20H23N7O3. The van der Waals surface area contributed by atoms with Crippen molar-refractivity contribution in [1.82, 2.24) is 20.5 Å². The molecule has 3 aromatic rings. The average molecular weight is 409 g/mol. The Morgan fingerprint density at radius 2 is 1.77 bits per heavy atom. The Balaban J connectivity index is 1.42. The van der Waals surface area contributed by atoms with Gasteiger partial charge in [0, 0.05) is 25.4 Å². The Labute approximate surface area is 174 Å². The molecule has 0 fully saturated rings. The van der Waals surface area contributed by atoms with Gasteiger partial charge in [0.05, 0.1) is 19.9 Å². The Kier molecular flexibility index (Phi) is 7.20. The molecule has 2 amide bonds. The average Bonchev–Trinajstić information content (AvgIpc) is 2.78. The molecule has 0 atom stereocenters. The second kappa shape index (κ2) is 10.5. The molecule has 156 valence electrons. The first-order valence-corrected chi connectivity index (χ1v) is 9.20. The summed E-state index contributed by atoms with van der Waals surface area (Å²) >= 11 is 0.